The molecular weight excluding hydrogens is 174 g/mol. The molecule has 0 radical (unpaired) electrons. The molecule has 0 bridgehead atoms. The molecule has 1 heterocycles. The number of nitrogens with one attached hydrogen (secondary N) is 1. The Morgan fingerprint density at radius 2 is 2.36 bits per heavy atom. The Morgan fingerprint density at radius 1 is 1.57 bits per heavy atom. The maximum Gasteiger partial charge on any atom is 0.0552 e. The van der Waals surface area contributed by atoms with Crippen molar-refractivity contribution >= 4 is 5.69 Å². The van der Waals surface area contributed by atoms with Crippen molar-refractivity contribution in [3.63, 3.8) is 0 Å². The Bertz CT molecular complexity index is 333. The van der Waals surface area contributed by atoms with Crippen LogP contribution < -0.4 is 5.32 Å². The maximum atomic E-state index is 9.29. The van der Waals surface area contributed by atoms with Crippen LogP contribution in [0.2, 0.25) is 0 Å². The Kier molecular flexibility index (Phi) is 2.46. The average Bonchev–Trinajstić information content (AvgIpc) is 2.42. The second-order valence-corrected chi connectivity index (χ2v) is 4.29. The molecule has 1 aliphatic rings. The van der Waals surface area contributed by atoms with Crippen molar-refractivity contribution in [1.29, 1.82) is 0 Å². The van der Waals surface area contributed by atoms with Gasteiger partial charge in [0.2, 0.25) is 0 Å². The van der Waals surface area contributed by atoms with Crippen LogP contribution in [-0.2, 0) is 12.8 Å². The summed E-state index contributed by atoms with van der Waals surface area (Å²) in [6, 6.07) is 6.99. The van der Waals surface area contributed by atoms with Crippen molar-refractivity contribution in [2.45, 2.75) is 38.8 Å². The van der Waals surface area contributed by atoms with Gasteiger partial charge in [0, 0.05) is 11.7 Å². The SMILES string of the molecule is CC(O)Cc1ccc2c(c1)NC(C)C2. The molecule has 2 N–H and O–H groups in total. The van der Waals surface area contributed by atoms with Gasteiger partial charge in [-0.05, 0) is 43.9 Å². The number of hydrogen-bond acceptors (Lipinski definition) is 2. The van der Waals surface area contributed by atoms with Crippen molar-refractivity contribution in [3.05, 3.63) is 29.3 Å². The van der Waals surface area contributed by atoms with Gasteiger partial charge in [0.1, 0.15) is 0 Å². The predicted octanol–water partition coefficient (Wildman–Crippen LogP) is 1.97. The molecule has 76 valence electrons. The summed E-state index contributed by atoms with van der Waals surface area (Å²) < 4.78 is 0. The van der Waals surface area contributed by atoms with Crippen molar-refractivity contribution in [1.82, 2.24) is 0 Å². The third-order valence-electron chi connectivity index (χ3n) is 2.63. The summed E-state index contributed by atoms with van der Waals surface area (Å²) in [4.78, 5) is 0. The lowest BCUT2D eigenvalue weighted by molar-refractivity contribution is 0.195. The minimum absolute atomic E-state index is 0.258. The molecule has 2 nitrogen and oxygen atoms in total. The molecular formula is C12H17NO. The summed E-state index contributed by atoms with van der Waals surface area (Å²) in [5, 5.41) is 12.7. The highest BCUT2D eigenvalue weighted by Crippen LogP contribution is 2.26. The van der Waals surface area contributed by atoms with Crippen molar-refractivity contribution in [3.8, 4) is 0 Å². The molecule has 0 aromatic heterocycles. The summed E-state index contributed by atoms with van der Waals surface area (Å²) in [6.45, 7) is 4.01. The van der Waals surface area contributed by atoms with E-state index >= 15 is 0 Å². The average molecular weight is 191 g/mol. The molecule has 2 rings (SSSR count). The van der Waals surface area contributed by atoms with Crippen LogP contribution in [0, 0.1) is 0 Å². The van der Waals surface area contributed by atoms with Crippen LogP contribution in [0.5, 0.6) is 0 Å². The molecule has 0 spiro atoms. The van der Waals surface area contributed by atoms with E-state index in [1.807, 2.05) is 6.92 Å². The lowest BCUT2D eigenvalue weighted by Gasteiger charge is -2.07. The number of fused-ring (bicyclic) bond motifs is 1. The number of benzene rings is 1. The maximum absolute atomic E-state index is 9.29. The number of hydrogen-bond donors (Lipinski definition) is 2. The normalized spacial score (nSPS) is 21.5. The summed E-state index contributed by atoms with van der Waals surface area (Å²) >= 11 is 0. The number of rotatable bonds is 2. The van der Waals surface area contributed by atoms with Gasteiger partial charge in [-0.25, -0.2) is 0 Å². The fourth-order valence-electron chi connectivity index (χ4n) is 2.05. The van der Waals surface area contributed by atoms with Crippen molar-refractivity contribution in [2.24, 2.45) is 0 Å². The van der Waals surface area contributed by atoms with Crippen LogP contribution >= 0.6 is 0 Å². The highest BCUT2D eigenvalue weighted by atomic mass is 16.3. The van der Waals surface area contributed by atoms with Gasteiger partial charge >= 0.3 is 0 Å². The van der Waals surface area contributed by atoms with E-state index in [1.165, 1.54) is 16.8 Å². The molecule has 0 fully saturated rings. The van der Waals surface area contributed by atoms with Gasteiger partial charge in [-0.15, -0.1) is 0 Å². The third kappa shape index (κ3) is 1.90. The molecule has 0 aliphatic carbocycles. The molecule has 0 amide bonds. The summed E-state index contributed by atoms with van der Waals surface area (Å²) in [6.07, 6.45) is 1.60. The van der Waals surface area contributed by atoms with Gasteiger partial charge in [-0.1, -0.05) is 12.1 Å². The predicted molar refractivity (Wildman–Crippen MR) is 58.6 cm³/mol. The highest BCUT2D eigenvalue weighted by Gasteiger charge is 2.16. The molecule has 2 unspecified atom stereocenters. The Balaban J connectivity index is 2.20. The van der Waals surface area contributed by atoms with Crippen LogP contribution in [0.3, 0.4) is 0 Å². The van der Waals surface area contributed by atoms with Crippen LogP contribution in [0.15, 0.2) is 18.2 Å². The minimum atomic E-state index is -0.258. The lowest BCUT2D eigenvalue weighted by atomic mass is 10.0. The van der Waals surface area contributed by atoms with Gasteiger partial charge in [-0.3, -0.25) is 0 Å². The summed E-state index contributed by atoms with van der Waals surface area (Å²) in [5.41, 5.74) is 3.85. The summed E-state index contributed by atoms with van der Waals surface area (Å²) in [5.74, 6) is 0. The van der Waals surface area contributed by atoms with E-state index in [1.54, 1.807) is 0 Å². The van der Waals surface area contributed by atoms with Crippen LogP contribution in [0.25, 0.3) is 0 Å². The monoisotopic (exact) mass is 191 g/mol. The number of anilines is 1. The molecule has 1 aliphatic heterocycles. The third-order valence-corrected chi connectivity index (χ3v) is 2.63. The molecule has 1 aromatic rings. The second-order valence-electron chi connectivity index (χ2n) is 4.29. The largest absolute Gasteiger partial charge is 0.393 e. The second kappa shape index (κ2) is 3.62. The molecule has 14 heavy (non-hydrogen) atoms. The van der Waals surface area contributed by atoms with E-state index in [0.717, 1.165) is 12.8 Å². The number of aliphatic hydroxyl groups excluding tert-OH is 1. The lowest BCUT2D eigenvalue weighted by Crippen LogP contribution is -2.08. The molecule has 1 aromatic carbocycles. The van der Waals surface area contributed by atoms with E-state index in [2.05, 4.69) is 30.4 Å². The molecule has 0 saturated carbocycles. The van der Waals surface area contributed by atoms with E-state index in [0.29, 0.717) is 6.04 Å². The van der Waals surface area contributed by atoms with Crippen LogP contribution in [-0.4, -0.2) is 17.3 Å². The zero-order chi connectivity index (χ0) is 10.1. The molecule has 2 atom stereocenters. The Labute approximate surface area is 85.0 Å². The van der Waals surface area contributed by atoms with Gasteiger partial charge in [-0.2, -0.15) is 0 Å². The van der Waals surface area contributed by atoms with E-state index in [-0.39, 0.29) is 6.10 Å². The fourth-order valence-corrected chi connectivity index (χ4v) is 2.05. The quantitative estimate of drug-likeness (QED) is 0.749. The minimum Gasteiger partial charge on any atom is -0.393 e. The molecule has 0 saturated heterocycles. The van der Waals surface area contributed by atoms with Gasteiger partial charge < -0.3 is 10.4 Å². The first kappa shape index (κ1) is 9.53. The first-order chi connectivity index (χ1) is 6.65. The summed E-state index contributed by atoms with van der Waals surface area (Å²) in [7, 11) is 0. The van der Waals surface area contributed by atoms with Crippen molar-refractivity contribution < 1.29 is 5.11 Å². The highest BCUT2D eigenvalue weighted by molar-refractivity contribution is 5.58. The zero-order valence-electron chi connectivity index (χ0n) is 8.75. The first-order valence-electron chi connectivity index (χ1n) is 5.21. The van der Waals surface area contributed by atoms with Crippen LogP contribution in [0.1, 0.15) is 25.0 Å². The van der Waals surface area contributed by atoms with Crippen molar-refractivity contribution in [2.75, 3.05) is 5.32 Å². The Morgan fingerprint density at radius 3 is 3.07 bits per heavy atom. The standard InChI is InChI=1S/C12H17NO/c1-8-5-11-4-3-10(6-9(2)14)7-12(11)13-8/h3-4,7-9,13-14H,5-6H2,1-2H3. The van der Waals surface area contributed by atoms with Crippen LogP contribution in [0.4, 0.5) is 5.69 Å². The number of aliphatic hydroxyl groups is 1. The Hall–Kier alpha value is -1.02. The van der Waals surface area contributed by atoms with Gasteiger partial charge in [0.05, 0.1) is 6.10 Å². The smallest absolute Gasteiger partial charge is 0.0552 e. The molecule has 2 heteroatoms. The topological polar surface area (TPSA) is 32.3 Å². The fraction of sp³-hybridized carbons (Fsp3) is 0.500. The van der Waals surface area contributed by atoms with Gasteiger partial charge in [0.25, 0.3) is 0 Å². The first-order valence-corrected chi connectivity index (χ1v) is 5.21. The van der Waals surface area contributed by atoms with E-state index in [4.69, 9.17) is 0 Å². The van der Waals surface area contributed by atoms with Gasteiger partial charge in [0.15, 0.2) is 0 Å². The van der Waals surface area contributed by atoms with E-state index < -0.39 is 0 Å². The zero-order valence-corrected chi connectivity index (χ0v) is 8.75. The van der Waals surface area contributed by atoms with E-state index in [9.17, 15) is 5.11 Å².